The molecule has 0 aliphatic heterocycles. The number of esters is 1. The number of hydrogen-bond donors (Lipinski definition) is 0. The van der Waals surface area contributed by atoms with Crippen LogP contribution in [0.5, 0.6) is 0 Å². The summed E-state index contributed by atoms with van der Waals surface area (Å²) in [6.07, 6.45) is -4.16. The lowest BCUT2D eigenvalue weighted by Crippen LogP contribution is -2.22. The van der Waals surface area contributed by atoms with Crippen molar-refractivity contribution in [1.82, 2.24) is 9.78 Å². The van der Waals surface area contributed by atoms with Gasteiger partial charge in [-0.25, -0.2) is 4.79 Å². The van der Waals surface area contributed by atoms with Crippen LogP contribution >= 0.6 is 0 Å². The smallest absolute Gasteiger partial charge is 0.435 e. The van der Waals surface area contributed by atoms with Crippen LogP contribution in [0.4, 0.5) is 13.2 Å². The Morgan fingerprint density at radius 2 is 2.11 bits per heavy atom. The van der Waals surface area contributed by atoms with E-state index >= 15 is 0 Å². The van der Waals surface area contributed by atoms with Gasteiger partial charge in [0.05, 0.1) is 6.61 Å². The number of aromatic nitrogens is 2. The number of aryl methyl sites for hydroxylation is 1. The summed E-state index contributed by atoms with van der Waals surface area (Å²) in [5.41, 5.74) is -0.640. The predicted molar refractivity (Wildman–Crippen MR) is 58.0 cm³/mol. The van der Waals surface area contributed by atoms with E-state index in [9.17, 15) is 18.0 Å². The minimum atomic E-state index is -4.51. The van der Waals surface area contributed by atoms with Crippen molar-refractivity contribution in [2.24, 2.45) is 0 Å². The largest absolute Gasteiger partial charge is 0.464 e. The zero-order valence-electron chi connectivity index (χ0n) is 10.4. The minimum absolute atomic E-state index is 0.179. The van der Waals surface area contributed by atoms with E-state index in [0.717, 1.165) is 10.7 Å². The van der Waals surface area contributed by atoms with E-state index in [1.165, 1.54) is 6.92 Å². The normalized spacial score (nSPS) is 13.4. The van der Waals surface area contributed by atoms with Crippen LogP contribution in [0, 0.1) is 0 Å². The topological polar surface area (TPSA) is 44.1 Å². The molecule has 0 N–H and O–H groups in total. The second kappa shape index (κ2) is 5.41. The van der Waals surface area contributed by atoms with Gasteiger partial charge in [-0.1, -0.05) is 6.92 Å². The van der Waals surface area contributed by atoms with Gasteiger partial charge < -0.3 is 4.74 Å². The Morgan fingerprint density at radius 1 is 1.50 bits per heavy atom. The van der Waals surface area contributed by atoms with Crippen molar-refractivity contribution < 1.29 is 22.7 Å². The van der Waals surface area contributed by atoms with Crippen molar-refractivity contribution in [3.05, 3.63) is 17.5 Å². The highest BCUT2D eigenvalue weighted by molar-refractivity contribution is 5.73. The first-order valence-electron chi connectivity index (χ1n) is 5.63. The van der Waals surface area contributed by atoms with Gasteiger partial charge in [-0.3, -0.25) is 4.68 Å². The van der Waals surface area contributed by atoms with Crippen LogP contribution in [-0.2, 0) is 22.1 Å². The third-order valence-corrected chi connectivity index (χ3v) is 2.46. The van der Waals surface area contributed by atoms with Crippen LogP contribution in [0.15, 0.2) is 6.07 Å². The Bertz CT molecular complexity index is 426. The quantitative estimate of drug-likeness (QED) is 0.785. The van der Waals surface area contributed by atoms with E-state index in [4.69, 9.17) is 4.74 Å². The molecular formula is C11H15F3N2O2. The van der Waals surface area contributed by atoms with Crippen LogP contribution in [0.3, 0.4) is 0 Å². The Morgan fingerprint density at radius 3 is 2.56 bits per heavy atom. The summed E-state index contributed by atoms with van der Waals surface area (Å²) in [5, 5.41) is 3.45. The maximum atomic E-state index is 12.5. The molecule has 102 valence electrons. The van der Waals surface area contributed by atoms with Crippen molar-refractivity contribution in [2.75, 3.05) is 6.61 Å². The number of rotatable bonds is 4. The number of carbonyl (C=O) groups is 1. The van der Waals surface area contributed by atoms with Crippen LogP contribution in [-0.4, -0.2) is 22.4 Å². The third kappa shape index (κ3) is 3.02. The van der Waals surface area contributed by atoms with Crippen LogP contribution < -0.4 is 0 Å². The molecule has 0 aliphatic rings. The molecule has 0 unspecified atom stereocenters. The van der Waals surface area contributed by atoms with E-state index in [1.807, 2.05) is 0 Å². The number of hydrogen-bond acceptors (Lipinski definition) is 3. The average Bonchev–Trinajstić information content (AvgIpc) is 2.71. The Balaban J connectivity index is 3.08. The first kappa shape index (κ1) is 14.5. The highest BCUT2D eigenvalue weighted by Gasteiger charge is 2.35. The lowest BCUT2D eigenvalue weighted by Gasteiger charge is -2.13. The molecule has 4 nitrogen and oxygen atoms in total. The van der Waals surface area contributed by atoms with Gasteiger partial charge >= 0.3 is 12.1 Å². The van der Waals surface area contributed by atoms with Gasteiger partial charge in [0.15, 0.2) is 5.69 Å². The highest BCUT2D eigenvalue weighted by Crippen LogP contribution is 2.29. The first-order valence-corrected chi connectivity index (χ1v) is 5.63. The average molecular weight is 264 g/mol. The zero-order chi connectivity index (χ0) is 13.9. The molecule has 0 fully saturated rings. The van der Waals surface area contributed by atoms with E-state index in [1.54, 1.807) is 13.8 Å². The number of halogens is 3. The second-order valence-electron chi connectivity index (χ2n) is 3.74. The Labute approximate surface area is 103 Å². The number of carbonyl (C=O) groups excluding carboxylic acids is 1. The van der Waals surface area contributed by atoms with Crippen molar-refractivity contribution in [3.63, 3.8) is 0 Å². The SMILES string of the molecule is CCOC(=O)[C@@H](C)n1nc(C(F)(F)F)cc1CC. The van der Waals surface area contributed by atoms with Crippen molar-refractivity contribution >= 4 is 5.97 Å². The second-order valence-corrected chi connectivity index (χ2v) is 3.74. The van der Waals surface area contributed by atoms with Crippen LogP contribution in [0.2, 0.25) is 0 Å². The molecule has 0 saturated heterocycles. The molecule has 7 heteroatoms. The Hall–Kier alpha value is -1.53. The molecule has 1 aromatic rings. The summed E-state index contributed by atoms with van der Waals surface area (Å²) in [5.74, 6) is -0.593. The fraction of sp³-hybridized carbons (Fsp3) is 0.636. The molecule has 18 heavy (non-hydrogen) atoms. The molecule has 0 saturated carbocycles. The summed E-state index contributed by atoms with van der Waals surface area (Å²) >= 11 is 0. The monoisotopic (exact) mass is 264 g/mol. The molecule has 1 atom stereocenters. The number of ether oxygens (including phenoxy) is 1. The summed E-state index contributed by atoms with van der Waals surface area (Å²) in [4.78, 5) is 11.5. The Kier molecular flexibility index (Phi) is 4.37. The standard InChI is InChI=1S/C11H15F3N2O2/c1-4-8-6-9(11(12,13)14)15-16(8)7(3)10(17)18-5-2/h6-7H,4-5H2,1-3H3/t7-/m1/s1. The molecule has 0 bridgehead atoms. The molecule has 0 radical (unpaired) electrons. The summed E-state index contributed by atoms with van der Waals surface area (Å²) in [7, 11) is 0. The first-order chi connectivity index (χ1) is 8.31. The van der Waals surface area contributed by atoms with Gasteiger partial charge in [-0.15, -0.1) is 0 Å². The predicted octanol–water partition coefficient (Wildman–Crippen LogP) is 2.59. The molecule has 0 spiro atoms. The molecule has 0 amide bonds. The summed E-state index contributed by atoms with van der Waals surface area (Å²) < 4.78 is 43.5. The lowest BCUT2D eigenvalue weighted by molar-refractivity contribution is -0.148. The number of alkyl halides is 3. The molecule has 0 aromatic carbocycles. The van der Waals surface area contributed by atoms with Gasteiger partial charge in [0.1, 0.15) is 6.04 Å². The van der Waals surface area contributed by atoms with E-state index < -0.39 is 23.9 Å². The van der Waals surface area contributed by atoms with Crippen molar-refractivity contribution in [1.29, 1.82) is 0 Å². The van der Waals surface area contributed by atoms with E-state index in [0.29, 0.717) is 12.1 Å². The van der Waals surface area contributed by atoms with Gasteiger partial charge in [-0.05, 0) is 26.3 Å². The van der Waals surface area contributed by atoms with E-state index in [2.05, 4.69) is 5.10 Å². The van der Waals surface area contributed by atoms with Gasteiger partial charge in [-0.2, -0.15) is 18.3 Å². The molecule has 0 aliphatic carbocycles. The highest BCUT2D eigenvalue weighted by atomic mass is 19.4. The molecular weight excluding hydrogens is 249 g/mol. The van der Waals surface area contributed by atoms with Gasteiger partial charge in [0.2, 0.25) is 0 Å². The van der Waals surface area contributed by atoms with Gasteiger partial charge in [0, 0.05) is 5.69 Å². The maximum absolute atomic E-state index is 12.5. The van der Waals surface area contributed by atoms with Crippen molar-refractivity contribution in [3.8, 4) is 0 Å². The van der Waals surface area contributed by atoms with Crippen LogP contribution in [0.1, 0.15) is 38.2 Å². The maximum Gasteiger partial charge on any atom is 0.435 e. The number of nitrogens with zero attached hydrogens (tertiary/aromatic N) is 2. The van der Waals surface area contributed by atoms with E-state index in [-0.39, 0.29) is 6.61 Å². The molecule has 1 heterocycles. The van der Waals surface area contributed by atoms with Crippen molar-refractivity contribution in [2.45, 2.75) is 39.4 Å². The lowest BCUT2D eigenvalue weighted by atomic mass is 10.2. The summed E-state index contributed by atoms with van der Waals surface area (Å²) in [6.45, 7) is 4.98. The summed E-state index contributed by atoms with van der Waals surface area (Å²) in [6, 6.07) is 0.0893. The molecule has 1 aromatic heterocycles. The third-order valence-electron chi connectivity index (χ3n) is 2.46. The zero-order valence-corrected chi connectivity index (χ0v) is 10.4. The molecule has 1 rings (SSSR count). The fourth-order valence-corrected chi connectivity index (χ4v) is 1.53. The minimum Gasteiger partial charge on any atom is -0.464 e. The van der Waals surface area contributed by atoms with Gasteiger partial charge in [0.25, 0.3) is 0 Å². The fourth-order valence-electron chi connectivity index (χ4n) is 1.53. The van der Waals surface area contributed by atoms with Crippen LogP contribution in [0.25, 0.3) is 0 Å².